The van der Waals surface area contributed by atoms with E-state index in [9.17, 15) is 26.8 Å². The number of sulfonamides is 1. The van der Waals surface area contributed by atoms with E-state index in [1.807, 2.05) is 16.9 Å². The summed E-state index contributed by atoms with van der Waals surface area (Å²) in [6.07, 6.45) is 9.00. The lowest BCUT2D eigenvalue weighted by Gasteiger charge is -2.20. The van der Waals surface area contributed by atoms with Crippen LogP contribution < -0.4 is 10.0 Å². The Labute approximate surface area is 292 Å². The summed E-state index contributed by atoms with van der Waals surface area (Å²) in [6.45, 7) is 0.422. The highest BCUT2D eigenvalue weighted by atomic mass is 35.5. The minimum absolute atomic E-state index is 0.150. The van der Waals surface area contributed by atoms with Crippen molar-refractivity contribution < 1.29 is 26.8 Å². The first-order valence-corrected chi connectivity index (χ1v) is 18.2. The van der Waals surface area contributed by atoms with Crippen molar-refractivity contribution in [3.63, 3.8) is 0 Å². The summed E-state index contributed by atoms with van der Waals surface area (Å²) in [4.78, 5) is 31.1. The number of allylic oxidation sites excluding steroid dienone is 1. The fourth-order valence-corrected chi connectivity index (χ4v) is 6.61. The molecule has 13 heteroatoms. The average Bonchev–Trinajstić information content (AvgIpc) is 3.60. The van der Waals surface area contributed by atoms with Crippen LogP contribution in [0.25, 0.3) is 22.8 Å². The summed E-state index contributed by atoms with van der Waals surface area (Å²) in [7, 11) is -4.25. The lowest BCUT2D eigenvalue weighted by atomic mass is 9.94. The van der Waals surface area contributed by atoms with E-state index in [0.717, 1.165) is 11.1 Å². The smallest absolute Gasteiger partial charge is 0.264 e. The lowest BCUT2D eigenvalue weighted by Crippen LogP contribution is -2.48. The van der Waals surface area contributed by atoms with Crippen molar-refractivity contribution >= 4 is 56.8 Å². The highest BCUT2D eigenvalue weighted by Gasteiger charge is 2.27. The zero-order valence-electron chi connectivity index (χ0n) is 26.1. The Kier molecular flexibility index (Phi) is 11.7. The second-order valence-electron chi connectivity index (χ2n) is 11.0. The summed E-state index contributed by atoms with van der Waals surface area (Å²) in [6, 6.07) is 20.9. The summed E-state index contributed by atoms with van der Waals surface area (Å²) >= 11 is 7.31. The van der Waals surface area contributed by atoms with E-state index in [-0.39, 0.29) is 22.7 Å². The molecule has 0 aliphatic rings. The topological polar surface area (TPSA) is 110 Å². The van der Waals surface area contributed by atoms with Crippen molar-refractivity contribution in [2.24, 2.45) is 0 Å². The number of carbonyl (C=O) groups excluding carboxylic acids is 2. The van der Waals surface area contributed by atoms with E-state index in [0.29, 0.717) is 34.0 Å². The number of hydrogen-bond acceptors (Lipinski definition) is 6. The molecule has 0 fully saturated rings. The molecule has 0 spiro atoms. The van der Waals surface area contributed by atoms with Crippen LogP contribution in [0.1, 0.15) is 27.9 Å². The molecule has 8 nitrogen and oxygen atoms in total. The van der Waals surface area contributed by atoms with Gasteiger partial charge in [0.05, 0.1) is 11.2 Å². The zero-order valence-corrected chi connectivity index (χ0v) is 28.5. The van der Waals surface area contributed by atoms with E-state index in [4.69, 9.17) is 11.6 Å². The molecule has 5 rings (SSSR count). The van der Waals surface area contributed by atoms with Crippen LogP contribution in [-0.4, -0.2) is 47.8 Å². The van der Waals surface area contributed by atoms with E-state index < -0.39 is 33.7 Å². The Morgan fingerprint density at radius 2 is 1.63 bits per heavy atom. The Hall–Kier alpha value is -4.78. The Balaban J connectivity index is 1.49. The number of imidazole rings is 1. The minimum atomic E-state index is -4.25. The highest BCUT2D eigenvalue weighted by Crippen LogP contribution is 2.29. The summed E-state index contributed by atoms with van der Waals surface area (Å²) in [5, 5.41) is 3.04. The predicted octanol–water partition coefficient (Wildman–Crippen LogP) is 7.08. The van der Waals surface area contributed by atoms with Crippen molar-refractivity contribution in [3.05, 3.63) is 143 Å². The maximum absolute atomic E-state index is 13.9. The zero-order chi connectivity index (χ0) is 35.0. The van der Waals surface area contributed by atoms with Crippen LogP contribution in [-0.2, 0) is 21.4 Å². The number of nitrogens with one attached hydrogen (secondary N) is 2. The number of nitrogens with zero attached hydrogens (tertiary/aromatic N) is 2. The molecule has 0 saturated heterocycles. The van der Waals surface area contributed by atoms with Crippen molar-refractivity contribution in [1.29, 1.82) is 0 Å². The highest BCUT2D eigenvalue weighted by molar-refractivity contribution is 7.98. The molecule has 0 aliphatic carbocycles. The van der Waals surface area contributed by atoms with E-state index >= 15 is 0 Å². The van der Waals surface area contributed by atoms with E-state index in [1.54, 1.807) is 49.1 Å². The van der Waals surface area contributed by atoms with Crippen LogP contribution in [0.4, 0.5) is 8.78 Å². The molecule has 0 aliphatic heterocycles. The Morgan fingerprint density at radius 1 is 0.959 bits per heavy atom. The lowest BCUT2D eigenvalue weighted by molar-refractivity contribution is -0.121. The number of hydrogen-bond donors (Lipinski definition) is 2. The molecule has 1 atom stereocenters. The first kappa shape index (κ1) is 35.5. The number of aromatic nitrogens is 2. The maximum Gasteiger partial charge on any atom is 0.264 e. The first-order valence-electron chi connectivity index (χ1n) is 15.0. The molecule has 2 N–H and O–H groups in total. The molecule has 252 valence electrons. The molecule has 0 saturated carbocycles. The number of thioether (sulfide) groups is 1. The van der Waals surface area contributed by atoms with Crippen LogP contribution in [0, 0.1) is 11.6 Å². The number of rotatable bonds is 13. The molecular weight excluding hydrogens is 690 g/mol. The van der Waals surface area contributed by atoms with Crippen LogP contribution in [0.15, 0.2) is 115 Å². The third-order valence-corrected chi connectivity index (χ3v) is 9.76. The van der Waals surface area contributed by atoms with Crippen molar-refractivity contribution in [2.45, 2.75) is 23.9 Å². The second kappa shape index (κ2) is 16.1. The van der Waals surface area contributed by atoms with Gasteiger partial charge in [0.15, 0.2) is 0 Å². The van der Waals surface area contributed by atoms with E-state index in [2.05, 4.69) is 15.0 Å². The summed E-state index contributed by atoms with van der Waals surface area (Å²) < 4.78 is 57.5. The fraction of sp³-hybridized carbons (Fsp3) is 0.139. The number of amides is 2. The van der Waals surface area contributed by atoms with Crippen LogP contribution in [0.5, 0.6) is 0 Å². The van der Waals surface area contributed by atoms with Crippen molar-refractivity contribution in [2.75, 3.05) is 12.0 Å². The maximum atomic E-state index is 13.9. The molecule has 4 aromatic carbocycles. The summed E-state index contributed by atoms with van der Waals surface area (Å²) in [5.41, 5.74) is 3.47. The van der Waals surface area contributed by atoms with Gasteiger partial charge in [-0.2, -0.15) is 11.8 Å². The van der Waals surface area contributed by atoms with Gasteiger partial charge in [-0.3, -0.25) is 9.59 Å². The molecule has 5 aromatic rings. The first-order chi connectivity index (χ1) is 23.5. The molecular formula is C36H31ClF2N4O4S2. The van der Waals surface area contributed by atoms with Gasteiger partial charge in [-0.25, -0.2) is 26.9 Å². The molecule has 0 unspecified atom stereocenters. The van der Waals surface area contributed by atoms with Gasteiger partial charge in [-0.1, -0.05) is 41.9 Å². The van der Waals surface area contributed by atoms with Crippen molar-refractivity contribution in [3.8, 4) is 11.1 Å². The molecule has 0 radical (unpaired) electrons. The third kappa shape index (κ3) is 9.44. The van der Waals surface area contributed by atoms with Gasteiger partial charge in [0.1, 0.15) is 17.7 Å². The van der Waals surface area contributed by atoms with Gasteiger partial charge in [-0.05, 0) is 113 Å². The normalized spacial score (nSPS) is 12.4. The number of halogens is 3. The monoisotopic (exact) mass is 720 g/mol. The molecule has 2 amide bonds. The van der Waals surface area contributed by atoms with Gasteiger partial charge in [0, 0.05) is 29.5 Å². The third-order valence-electron chi connectivity index (χ3n) is 7.50. The molecule has 0 bridgehead atoms. The largest absolute Gasteiger partial charge is 0.340 e. The SMILES string of the molecule is CSCC[C@H](NC(=O)c1ccc(C=C(Cn2ccnc2)c2ccc(F)cc2)cc1-c1ccc(F)cc1)C(=O)NS(=O)(=O)c1ccc(Cl)cc1. The molecule has 49 heavy (non-hydrogen) atoms. The fourth-order valence-electron chi connectivity index (χ4n) is 5.00. The van der Waals surface area contributed by atoms with Gasteiger partial charge in [-0.15, -0.1) is 0 Å². The van der Waals surface area contributed by atoms with Gasteiger partial charge >= 0.3 is 0 Å². The molecule has 1 aromatic heterocycles. The number of benzene rings is 4. The quantitative estimate of drug-likeness (QED) is 0.126. The second-order valence-corrected chi connectivity index (χ2v) is 14.1. The molecule has 1 heterocycles. The van der Waals surface area contributed by atoms with Crippen LogP contribution in [0.3, 0.4) is 0 Å². The van der Waals surface area contributed by atoms with Crippen LogP contribution >= 0.6 is 23.4 Å². The minimum Gasteiger partial charge on any atom is -0.340 e. The summed E-state index contributed by atoms with van der Waals surface area (Å²) in [5.74, 6) is -1.90. The van der Waals surface area contributed by atoms with Crippen LogP contribution in [0.2, 0.25) is 5.02 Å². The van der Waals surface area contributed by atoms with Gasteiger partial charge in [0.25, 0.3) is 21.8 Å². The Morgan fingerprint density at radius 3 is 2.27 bits per heavy atom. The van der Waals surface area contributed by atoms with E-state index in [1.165, 1.54) is 72.4 Å². The van der Waals surface area contributed by atoms with Gasteiger partial charge in [0.2, 0.25) is 0 Å². The number of carbonyl (C=O) groups is 2. The average molecular weight is 721 g/mol. The Bertz CT molecular complexity index is 2060. The standard InChI is InChI=1S/C36H31ClF2N4O4S2/c1-48-19-16-34(36(45)42-49(46,47)31-13-7-28(37)8-14-31)41-35(44)32-15-2-24(21-33(32)26-5-11-30(39)12-6-26)20-27(22-43-18-17-40-23-43)25-3-9-29(38)10-4-25/h2-15,17-18,20-21,23,34H,16,19,22H2,1H3,(H,41,44)(H,42,45)/t34-/m0/s1. The van der Waals surface area contributed by atoms with Crippen molar-refractivity contribution in [1.82, 2.24) is 19.6 Å². The predicted molar refractivity (Wildman–Crippen MR) is 189 cm³/mol. The van der Waals surface area contributed by atoms with Gasteiger partial charge < -0.3 is 9.88 Å².